The minimum Gasteiger partial charge on any atom is -0.353 e. The van der Waals surface area contributed by atoms with Crippen molar-refractivity contribution in [2.24, 2.45) is 5.92 Å². The van der Waals surface area contributed by atoms with Gasteiger partial charge >= 0.3 is 0 Å². The number of pyridine rings is 1. The van der Waals surface area contributed by atoms with E-state index in [2.05, 4.69) is 75.9 Å². The zero-order valence-electron chi connectivity index (χ0n) is 21.0. The largest absolute Gasteiger partial charge is 0.353 e. The van der Waals surface area contributed by atoms with Crippen LogP contribution in [0.1, 0.15) is 54.8 Å². The summed E-state index contributed by atoms with van der Waals surface area (Å²) in [5.41, 5.74) is 3.77. The van der Waals surface area contributed by atoms with Crippen LogP contribution in [-0.4, -0.2) is 35.4 Å². The standard InChI is InChI=1S/C32H37N3O/c36-31(19-8-7-13-28-14-11-22-33-26-28)34-23-10-9-12-27-20-24-35(25-21-27)32(29-15-3-1-4-16-29)30-17-5-2-6-18-30/h1-8,11,13-19,22,26-27,32H,9-10,12,20-21,23-25H2,(H,34,36). The number of nitrogens with zero attached hydrogens (tertiary/aromatic N) is 2. The molecule has 2 heterocycles. The Labute approximate surface area is 215 Å². The summed E-state index contributed by atoms with van der Waals surface area (Å²) in [6, 6.07) is 26.0. The summed E-state index contributed by atoms with van der Waals surface area (Å²) in [4.78, 5) is 18.7. The lowest BCUT2D eigenvalue weighted by Crippen LogP contribution is -2.37. The van der Waals surface area contributed by atoms with E-state index in [4.69, 9.17) is 0 Å². The average Bonchev–Trinajstić information content (AvgIpc) is 2.94. The molecule has 0 bridgehead atoms. The van der Waals surface area contributed by atoms with Crippen molar-refractivity contribution in [3.05, 3.63) is 120 Å². The van der Waals surface area contributed by atoms with Gasteiger partial charge in [-0.3, -0.25) is 14.7 Å². The number of aromatic nitrogens is 1. The smallest absolute Gasteiger partial charge is 0.243 e. The maximum atomic E-state index is 12.0. The molecule has 2 aromatic carbocycles. The molecule has 1 amide bonds. The summed E-state index contributed by atoms with van der Waals surface area (Å²) in [6.45, 7) is 3.00. The Kier molecular flexibility index (Phi) is 10.1. The van der Waals surface area contributed by atoms with E-state index in [1.54, 1.807) is 24.5 Å². The van der Waals surface area contributed by atoms with Gasteiger partial charge in [-0.15, -0.1) is 0 Å². The first-order chi connectivity index (χ1) is 17.8. The van der Waals surface area contributed by atoms with Gasteiger partial charge in [0.15, 0.2) is 0 Å². The summed E-state index contributed by atoms with van der Waals surface area (Å²) in [5, 5.41) is 3.00. The Morgan fingerprint density at radius 3 is 2.25 bits per heavy atom. The summed E-state index contributed by atoms with van der Waals surface area (Å²) in [5.74, 6) is 0.744. The highest BCUT2D eigenvalue weighted by Gasteiger charge is 2.27. The van der Waals surface area contributed by atoms with Crippen LogP contribution in [0.4, 0.5) is 0 Å². The summed E-state index contributed by atoms with van der Waals surface area (Å²) >= 11 is 0. The highest BCUT2D eigenvalue weighted by Crippen LogP contribution is 2.33. The normalized spacial score (nSPS) is 15.1. The number of hydrogen-bond donors (Lipinski definition) is 1. The fourth-order valence-corrected chi connectivity index (χ4v) is 5.00. The van der Waals surface area contributed by atoms with Crippen LogP contribution in [0.3, 0.4) is 0 Å². The van der Waals surface area contributed by atoms with E-state index in [1.807, 2.05) is 24.3 Å². The van der Waals surface area contributed by atoms with Crippen LogP contribution in [-0.2, 0) is 4.79 Å². The predicted molar refractivity (Wildman–Crippen MR) is 148 cm³/mol. The van der Waals surface area contributed by atoms with Crippen molar-refractivity contribution in [3.8, 4) is 0 Å². The van der Waals surface area contributed by atoms with Crippen molar-refractivity contribution in [2.75, 3.05) is 19.6 Å². The first-order valence-corrected chi connectivity index (χ1v) is 13.2. The lowest BCUT2D eigenvalue weighted by Gasteiger charge is -2.38. The molecular weight excluding hydrogens is 442 g/mol. The number of unbranched alkanes of at least 4 members (excludes halogenated alkanes) is 1. The quantitative estimate of drug-likeness (QED) is 0.196. The molecule has 1 N–H and O–H groups in total. The first-order valence-electron chi connectivity index (χ1n) is 13.2. The third-order valence-electron chi connectivity index (χ3n) is 6.92. The zero-order valence-corrected chi connectivity index (χ0v) is 21.0. The van der Waals surface area contributed by atoms with E-state index in [0.717, 1.165) is 44.0 Å². The Balaban J connectivity index is 1.15. The summed E-state index contributed by atoms with van der Waals surface area (Å²) in [7, 11) is 0. The second kappa shape index (κ2) is 14.2. The molecule has 1 aromatic heterocycles. The van der Waals surface area contributed by atoms with Gasteiger partial charge in [-0.25, -0.2) is 0 Å². The molecular formula is C32H37N3O. The Morgan fingerprint density at radius 2 is 1.61 bits per heavy atom. The molecule has 3 aromatic rings. The number of carbonyl (C=O) groups excluding carboxylic acids is 1. The maximum Gasteiger partial charge on any atom is 0.243 e. The molecule has 0 spiro atoms. The lowest BCUT2D eigenvalue weighted by molar-refractivity contribution is -0.116. The van der Waals surface area contributed by atoms with Gasteiger partial charge in [0.1, 0.15) is 0 Å². The molecule has 1 saturated heterocycles. The van der Waals surface area contributed by atoms with E-state index >= 15 is 0 Å². The van der Waals surface area contributed by atoms with E-state index < -0.39 is 0 Å². The fraction of sp³-hybridized carbons (Fsp3) is 0.312. The highest BCUT2D eigenvalue weighted by molar-refractivity contribution is 5.87. The Bertz CT molecular complexity index is 1050. The van der Waals surface area contributed by atoms with Crippen molar-refractivity contribution in [3.63, 3.8) is 0 Å². The van der Waals surface area contributed by atoms with E-state index in [-0.39, 0.29) is 5.91 Å². The van der Waals surface area contributed by atoms with E-state index in [0.29, 0.717) is 6.04 Å². The molecule has 4 heteroatoms. The number of likely N-dealkylation sites (tertiary alicyclic amines) is 1. The average molecular weight is 480 g/mol. The topological polar surface area (TPSA) is 45.2 Å². The van der Waals surface area contributed by atoms with Crippen LogP contribution in [0.15, 0.2) is 103 Å². The van der Waals surface area contributed by atoms with Crippen LogP contribution in [0.25, 0.3) is 6.08 Å². The molecule has 186 valence electrons. The van der Waals surface area contributed by atoms with Crippen molar-refractivity contribution in [1.29, 1.82) is 0 Å². The molecule has 36 heavy (non-hydrogen) atoms. The van der Waals surface area contributed by atoms with Gasteiger partial charge in [0, 0.05) is 25.0 Å². The molecule has 0 aliphatic carbocycles. The van der Waals surface area contributed by atoms with Crippen LogP contribution in [0.5, 0.6) is 0 Å². The number of carbonyl (C=O) groups is 1. The number of hydrogen-bond acceptors (Lipinski definition) is 3. The lowest BCUT2D eigenvalue weighted by atomic mass is 9.88. The van der Waals surface area contributed by atoms with Crippen molar-refractivity contribution < 1.29 is 4.79 Å². The third kappa shape index (κ3) is 8.03. The van der Waals surface area contributed by atoms with Gasteiger partial charge in [0.2, 0.25) is 5.91 Å². The number of piperidine rings is 1. The van der Waals surface area contributed by atoms with Gasteiger partial charge in [-0.2, -0.15) is 0 Å². The van der Waals surface area contributed by atoms with Crippen LogP contribution >= 0.6 is 0 Å². The zero-order chi connectivity index (χ0) is 24.8. The SMILES string of the molecule is O=C(C=CC=Cc1cccnc1)NCCCCC1CCN(C(c2ccccc2)c2ccccc2)CC1. The molecule has 1 fully saturated rings. The van der Waals surface area contributed by atoms with Gasteiger partial charge in [-0.05, 0) is 61.0 Å². The van der Waals surface area contributed by atoms with Crippen LogP contribution in [0, 0.1) is 5.92 Å². The minimum atomic E-state index is -0.0352. The molecule has 0 atom stereocenters. The Hall–Kier alpha value is -3.50. The fourth-order valence-electron chi connectivity index (χ4n) is 5.00. The first kappa shape index (κ1) is 25.6. The van der Waals surface area contributed by atoms with Gasteiger partial charge in [0.05, 0.1) is 6.04 Å². The summed E-state index contributed by atoms with van der Waals surface area (Å²) < 4.78 is 0. The summed E-state index contributed by atoms with van der Waals surface area (Å²) in [6.07, 6.45) is 16.6. The maximum absolute atomic E-state index is 12.0. The Morgan fingerprint density at radius 1 is 0.917 bits per heavy atom. The molecule has 4 rings (SSSR count). The number of rotatable bonds is 11. The number of nitrogens with one attached hydrogen (secondary N) is 1. The minimum absolute atomic E-state index is 0.0352. The molecule has 0 radical (unpaired) electrons. The van der Waals surface area contributed by atoms with E-state index in [9.17, 15) is 4.79 Å². The number of benzene rings is 2. The monoisotopic (exact) mass is 479 g/mol. The third-order valence-corrected chi connectivity index (χ3v) is 6.92. The molecule has 1 aliphatic rings. The molecule has 1 aliphatic heterocycles. The van der Waals surface area contributed by atoms with Crippen LogP contribution in [0.2, 0.25) is 0 Å². The van der Waals surface area contributed by atoms with Gasteiger partial charge in [0.25, 0.3) is 0 Å². The molecule has 0 saturated carbocycles. The van der Waals surface area contributed by atoms with Crippen molar-refractivity contribution >= 4 is 12.0 Å². The van der Waals surface area contributed by atoms with E-state index in [1.165, 1.54) is 30.4 Å². The van der Waals surface area contributed by atoms with Crippen LogP contribution < -0.4 is 5.32 Å². The van der Waals surface area contributed by atoms with Crippen molar-refractivity contribution in [2.45, 2.75) is 38.1 Å². The van der Waals surface area contributed by atoms with Gasteiger partial charge < -0.3 is 5.32 Å². The van der Waals surface area contributed by atoms with Crippen molar-refractivity contribution in [1.82, 2.24) is 15.2 Å². The second-order valence-corrected chi connectivity index (χ2v) is 9.49. The highest BCUT2D eigenvalue weighted by atomic mass is 16.1. The second-order valence-electron chi connectivity index (χ2n) is 9.49. The number of allylic oxidation sites excluding steroid dienone is 2. The van der Waals surface area contributed by atoms with Gasteiger partial charge in [-0.1, -0.05) is 97.8 Å². The molecule has 4 nitrogen and oxygen atoms in total. The number of amides is 1. The molecule has 0 unspecified atom stereocenters. The predicted octanol–water partition coefficient (Wildman–Crippen LogP) is 6.44.